The average Bonchev–Trinajstić information content (AvgIpc) is 3.39. The summed E-state index contributed by atoms with van der Waals surface area (Å²) < 4.78 is 24.4. The van der Waals surface area contributed by atoms with Crippen molar-refractivity contribution in [1.29, 1.82) is 0 Å². The maximum atomic E-state index is 13.0. The monoisotopic (exact) mass is 500 g/mol. The maximum Gasteiger partial charge on any atom is 0.226 e. The summed E-state index contributed by atoms with van der Waals surface area (Å²) in [4.78, 5) is 9.13. The minimum Gasteiger partial charge on any atom is -0.444 e. The summed E-state index contributed by atoms with van der Waals surface area (Å²) in [6.07, 6.45) is 6.40. The third-order valence-corrected chi connectivity index (χ3v) is 5.05. The van der Waals surface area contributed by atoms with Gasteiger partial charge in [0.1, 0.15) is 12.1 Å². The molecule has 3 atom stereocenters. The molecule has 4 rings (SSSR count). The van der Waals surface area contributed by atoms with Gasteiger partial charge in [-0.25, -0.2) is 9.37 Å². The molecule has 2 fully saturated rings. The van der Waals surface area contributed by atoms with Crippen molar-refractivity contribution in [1.82, 2.24) is 15.6 Å². The number of guanidine groups is 1. The van der Waals surface area contributed by atoms with E-state index in [4.69, 9.17) is 9.15 Å². The summed E-state index contributed by atoms with van der Waals surface area (Å²) in [5.41, 5.74) is 1.59. The first-order valence-electron chi connectivity index (χ1n) is 9.62. The van der Waals surface area contributed by atoms with Crippen LogP contribution in [0.1, 0.15) is 31.9 Å². The third-order valence-electron chi connectivity index (χ3n) is 5.05. The van der Waals surface area contributed by atoms with Crippen molar-refractivity contribution in [2.24, 2.45) is 4.99 Å². The normalized spacial score (nSPS) is 23.5. The summed E-state index contributed by atoms with van der Waals surface area (Å²) in [5.74, 6) is 1.04. The number of ether oxygens (including phenoxy) is 1. The Morgan fingerprint density at radius 2 is 2.11 bits per heavy atom. The summed E-state index contributed by atoms with van der Waals surface area (Å²) in [7, 11) is 0. The van der Waals surface area contributed by atoms with Crippen LogP contribution in [0.5, 0.6) is 0 Å². The standard InChI is InChI=1S/C20H25FN4O2.HI/c1-2-22-20(25-17-11-16-7-8-18(17)27-16)23-10-9-15-12-26-19(24-15)13-3-5-14(21)6-4-13;/h3-6,12,16-18H,2,7-11H2,1H3,(H2,22,23,25);1H. The first-order valence-corrected chi connectivity index (χ1v) is 9.62. The van der Waals surface area contributed by atoms with Gasteiger partial charge < -0.3 is 19.8 Å². The summed E-state index contributed by atoms with van der Waals surface area (Å²) >= 11 is 0. The Morgan fingerprint density at radius 3 is 2.79 bits per heavy atom. The van der Waals surface area contributed by atoms with Crippen molar-refractivity contribution in [3.05, 3.63) is 42.0 Å². The number of benzene rings is 1. The second-order valence-electron chi connectivity index (χ2n) is 7.02. The predicted molar refractivity (Wildman–Crippen MR) is 116 cm³/mol. The van der Waals surface area contributed by atoms with E-state index in [2.05, 4.69) is 27.5 Å². The first kappa shape index (κ1) is 21.0. The lowest BCUT2D eigenvalue weighted by Gasteiger charge is -2.22. The van der Waals surface area contributed by atoms with Crippen LogP contribution in [0.3, 0.4) is 0 Å². The van der Waals surface area contributed by atoms with Gasteiger partial charge in [0.15, 0.2) is 5.96 Å². The van der Waals surface area contributed by atoms with E-state index < -0.39 is 0 Å². The fourth-order valence-electron chi connectivity index (χ4n) is 3.71. The molecule has 1 aromatic heterocycles. The van der Waals surface area contributed by atoms with Crippen molar-refractivity contribution >= 4 is 29.9 Å². The van der Waals surface area contributed by atoms with Crippen LogP contribution in [0, 0.1) is 5.82 Å². The van der Waals surface area contributed by atoms with E-state index in [-0.39, 0.29) is 29.8 Å². The van der Waals surface area contributed by atoms with Gasteiger partial charge in [-0.1, -0.05) is 0 Å². The smallest absolute Gasteiger partial charge is 0.226 e. The Labute approximate surface area is 181 Å². The molecule has 3 unspecified atom stereocenters. The second-order valence-corrected chi connectivity index (χ2v) is 7.02. The zero-order valence-corrected chi connectivity index (χ0v) is 18.2. The number of hydrogen-bond donors (Lipinski definition) is 2. The number of fused-ring (bicyclic) bond motifs is 2. The average molecular weight is 500 g/mol. The summed E-state index contributed by atoms with van der Waals surface area (Å²) in [6, 6.07) is 6.47. The largest absolute Gasteiger partial charge is 0.444 e. The van der Waals surface area contributed by atoms with Gasteiger partial charge in [0.2, 0.25) is 5.89 Å². The molecule has 6 nitrogen and oxygen atoms in total. The number of hydrogen-bond acceptors (Lipinski definition) is 4. The maximum absolute atomic E-state index is 13.0. The lowest BCUT2D eigenvalue weighted by Crippen LogP contribution is -2.47. The molecule has 0 aliphatic carbocycles. The summed E-state index contributed by atoms with van der Waals surface area (Å²) in [5, 5.41) is 6.80. The molecule has 0 spiro atoms. The molecule has 0 saturated carbocycles. The van der Waals surface area contributed by atoms with Crippen LogP contribution in [0.25, 0.3) is 11.5 Å². The molecule has 0 radical (unpaired) electrons. The Hall–Kier alpha value is -1.68. The molecule has 1 aromatic carbocycles. The van der Waals surface area contributed by atoms with Crippen molar-refractivity contribution in [3.8, 4) is 11.5 Å². The molecule has 8 heteroatoms. The Kier molecular flexibility index (Phi) is 7.28. The van der Waals surface area contributed by atoms with E-state index in [9.17, 15) is 4.39 Å². The van der Waals surface area contributed by atoms with Crippen LogP contribution in [-0.4, -0.2) is 42.3 Å². The van der Waals surface area contributed by atoms with Crippen LogP contribution < -0.4 is 10.6 Å². The highest BCUT2D eigenvalue weighted by Crippen LogP contribution is 2.34. The quantitative estimate of drug-likeness (QED) is 0.361. The van der Waals surface area contributed by atoms with Crippen LogP contribution in [0.2, 0.25) is 0 Å². The van der Waals surface area contributed by atoms with Crippen LogP contribution in [-0.2, 0) is 11.2 Å². The molecular weight excluding hydrogens is 474 g/mol. The Morgan fingerprint density at radius 1 is 1.29 bits per heavy atom. The van der Waals surface area contributed by atoms with Gasteiger partial charge >= 0.3 is 0 Å². The van der Waals surface area contributed by atoms with Crippen molar-refractivity contribution < 1.29 is 13.5 Å². The van der Waals surface area contributed by atoms with Gasteiger partial charge in [0.05, 0.1) is 23.9 Å². The van der Waals surface area contributed by atoms with Crippen LogP contribution >= 0.6 is 24.0 Å². The molecule has 3 heterocycles. The predicted octanol–water partition coefficient (Wildman–Crippen LogP) is 3.52. The molecule has 152 valence electrons. The topological polar surface area (TPSA) is 71.7 Å². The highest BCUT2D eigenvalue weighted by molar-refractivity contribution is 14.0. The van der Waals surface area contributed by atoms with E-state index >= 15 is 0 Å². The first-order chi connectivity index (χ1) is 13.2. The number of aliphatic imine (C=N–C) groups is 1. The third kappa shape index (κ3) is 5.02. The summed E-state index contributed by atoms with van der Waals surface area (Å²) in [6.45, 7) is 3.47. The number of aromatic nitrogens is 1. The van der Waals surface area contributed by atoms with E-state index in [1.807, 2.05) is 0 Å². The number of nitrogens with zero attached hydrogens (tertiary/aromatic N) is 2. The van der Waals surface area contributed by atoms with E-state index in [1.165, 1.54) is 18.6 Å². The molecule has 28 heavy (non-hydrogen) atoms. The number of rotatable bonds is 6. The van der Waals surface area contributed by atoms with Gasteiger partial charge in [-0.05, 0) is 50.5 Å². The van der Waals surface area contributed by atoms with Crippen molar-refractivity contribution in [2.75, 3.05) is 13.1 Å². The molecule has 2 aromatic rings. The number of oxazole rings is 1. The van der Waals surface area contributed by atoms with Crippen LogP contribution in [0.4, 0.5) is 4.39 Å². The van der Waals surface area contributed by atoms with Gasteiger partial charge in [-0.2, -0.15) is 0 Å². The van der Waals surface area contributed by atoms with Crippen LogP contribution in [0.15, 0.2) is 39.9 Å². The number of nitrogens with one attached hydrogen (secondary N) is 2. The molecule has 2 N–H and O–H groups in total. The van der Waals surface area contributed by atoms with Gasteiger partial charge in [0, 0.05) is 25.1 Å². The molecule has 0 amide bonds. The zero-order valence-electron chi connectivity index (χ0n) is 15.9. The lowest BCUT2D eigenvalue weighted by molar-refractivity contribution is 0.0992. The second kappa shape index (κ2) is 9.69. The lowest BCUT2D eigenvalue weighted by atomic mass is 9.96. The fourth-order valence-corrected chi connectivity index (χ4v) is 3.71. The Balaban J connectivity index is 0.00000225. The molecule has 2 aliphatic heterocycles. The van der Waals surface area contributed by atoms with Gasteiger partial charge in [-0.15, -0.1) is 24.0 Å². The highest BCUT2D eigenvalue weighted by Gasteiger charge is 2.41. The Bertz CT molecular complexity index is 796. The van der Waals surface area contributed by atoms with E-state index in [1.54, 1.807) is 18.4 Å². The molecule has 2 aliphatic rings. The minimum absolute atomic E-state index is 0. The molecule has 2 saturated heterocycles. The van der Waals surface area contributed by atoms with Crippen molar-refractivity contribution in [2.45, 2.75) is 50.9 Å². The zero-order chi connectivity index (χ0) is 18.6. The fraction of sp³-hybridized carbons (Fsp3) is 0.500. The van der Waals surface area contributed by atoms with E-state index in [0.29, 0.717) is 37.1 Å². The molecular formula is C20H26FIN4O2. The van der Waals surface area contributed by atoms with Gasteiger partial charge in [-0.3, -0.25) is 4.99 Å². The number of halogens is 2. The highest BCUT2D eigenvalue weighted by atomic mass is 127. The van der Waals surface area contributed by atoms with Gasteiger partial charge in [0.25, 0.3) is 0 Å². The SMILES string of the molecule is CCNC(=NCCc1coc(-c2ccc(F)cc2)n1)NC1CC2CCC1O2.I. The van der Waals surface area contributed by atoms with Crippen molar-refractivity contribution in [3.63, 3.8) is 0 Å². The van der Waals surface area contributed by atoms with E-state index in [0.717, 1.165) is 36.6 Å². The minimum atomic E-state index is -0.274. The molecule has 2 bridgehead atoms.